The van der Waals surface area contributed by atoms with Crippen LogP contribution in [0, 0.1) is 0 Å². The molecule has 0 radical (unpaired) electrons. The molecule has 2 amide bonds. The molecule has 1 aliphatic carbocycles. The van der Waals surface area contributed by atoms with Crippen molar-refractivity contribution in [2.45, 2.75) is 83.8 Å². The molecule has 5 nitrogen and oxygen atoms in total. The molecule has 184 valence electrons. The second-order valence-electron chi connectivity index (χ2n) is 9.39. The van der Waals surface area contributed by atoms with Gasteiger partial charge < -0.3 is 15.0 Å². The molecule has 1 N–H and O–H groups in total. The van der Waals surface area contributed by atoms with Crippen LogP contribution in [-0.2, 0) is 16.1 Å². The van der Waals surface area contributed by atoms with E-state index in [0.29, 0.717) is 23.1 Å². The molecule has 0 aliphatic heterocycles. The van der Waals surface area contributed by atoms with Crippen LogP contribution in [0.5, 0.6) is 5.75 Å². The van der Waals surface area contributed by atoms with Crippen LogP contribution in [-0.4, -0.2) is 35.4 Å². The van der Waals surface area contributed by atoms with Crippen LogP contribution >= 0.6 is 11.6 Å². The second-order valence-corrected chi connectivity index (χ2v) is 9.80. The third-order valence-corrected chi connectivity index (χ3v) is 6.91. The molecule has 1 saturated carbocycles. The van der Waals surface area contributed by atoms with Crippen molar-refractivity contribution in [2.75, 3.05) is 6.61 Å². The Bertz CT molecular complexity index is 939. The van der Waals surface area contributed by atoms with Gasteiger partial charge in [0, 0.05) is 17.6 Å². The van der Waals surface area contributed by atoms with Crippen molar-refractivity contribution in [1.82, 2.24) is 10.2 Å². The van der Waals surface area contributed by atoms with Crippen molar-refractivity contribution in [2.24, 2.45) is 0 Å². The van der Waals surface area contributed by atoms with E-state index in [0.717, 1.165) is 31.2 Å². The molecule has 2 aromatic carbocycles. The maximum Gasteiger partial charge on any atom is 0.261 e. The van der Waals surface area contributed by atoms with E-state index < -0.39 is 6.04 Å². The normalized spacial score (nSPS) is 15.1. The molecule has 1 atom stereocenters. The molecule has 1 aliphatic rings. The molecule has 1 fully saturated rings. The van der Waals surface area contributed by atoms with E-state index >= 15 is 0 Å². The molecule has 3 rings (SSSR count). The number of carbonyl (C=O) groups excluding carboxylic acids is 2. The minimum atomic E-state index is -0.586. The number of amides is 2. The Labute approximate surface area is 208 Å². The van der Waals surface area contributed by atoms with E-state index in [2.05, 4.69) is 19.2 Å². The first-order valence-corrected chi connectivity index (χ1v) is 12.8. The Hall–Kier alpha value is -2.53. The Kier molecular flexibility index (Phi) is 9.82. The highest BCUT2D eigenvalue weighted by atomic mass is 35.5. The Morgan fingerprint density at radius 2 is 1.74 bits per heavy atom. The fourth-order valence-electron chi connectivity index (χ4n) is 4.45. The van der Waals surface area contributed by atoms with Crippen LogP contribution < -0.4 is 10.1 Å². The fourth-order valence-corrected chi connectivity index (χ4v) is 4.65. The molecule has 0 spiro atoms. The van der Waals surface area contributed by atoms with Crippen LogP contribution in [0.2, 0.25) is 5.02 Å². The lowest BCUT2D eigenvalue weighted by atomic mass is 9.95. The topological polar surface area (TPSA) is 58.6 Å². The van der Waals surface area contributed by atoms with Crippen molar-refractivity contribution in [3.63, 3.8) is 0 Å². The minimum absolute atomic E-state index is 0.101. The summed E-state index contributed by atoms with van der Waals surface area (Å²) in [6.45, 7) is 6.32. The summed E-state index contributed by atoms with van der Waals surface area (Å²) < 4.78 is 5.82. The quantitative estimate of drug-likeness (QED) is 0.443. The predicted octanol–water partition coefficient (Wildman–Crippen LogP) is 6.10. The van der Waals surface area contributed by atoms with Crippen molar-refractivity contribution in [3.8, 4) is 5.75 Å². The van der Waals surface area contributed by atoms with Gasteiger partial charge in [-0.1, -0.05) is 82.0 Å². The standard InChI is InChI=1S/C28H37ClN2O3/c1-4-26(28(33)30-23-11-6-5-7-12-23)31(18-22-10-8-9-13-25(22)29)27(32)19-34-24-16-14-21(15-17-24)20(2)3/h8-10,13-17,20,23,26H,4-7,11-12,18-19H2,1-3H3,(H,30,33)/t26-/m1/s1. The summed E-state index contributed by atoms with van der Waals surface area (Å²) in [5.74, 6) is 0.722. The lowest BCUT2D eigenvalue weighted by Gasteiger charge is -2.33. The van der Waals surface area contributed by atoms with E-state index in [1.807, 2.05) is 49.4 Å². The Morgan fingerprint density at radius 3 is 2.35 bits per heavy atom. The lowest BCUT2D eigenvalue weighted by Crippen LogP contribution is -2.52. The number of hydrogen-bond acceptors (Lipinski definition) is 3. The van der Waals surface area contributed by atoms with E-state index in [-0.39, 0.29) is 31.0 Å². The maximum atomic E-state index is 13.4. The molecular formula is C28H37ClN2O3. The number of nitrogens with one attached hydrogen (secondary N) is 1. The van der Waals surface area contributed by atoms with Gasteiger partial charge in [0.25, 0.3) is 5.91 Å². The molecule has 0 saturated heterocycles. The number of halogens is 1. The van der Waals surface area contributed by atoms with Crippen LogP contribution in [0.4, 0.5) is 0 Å². The van der Waals surface area contributed by atoms with E-state index in [1.165, 1.54) is 12.0 Å². The predicted molar refractivity (Wildman–Crippen MR) is 137 cm³/mol. The number of benzene rings is 2. The molecular weight excluding hydrogens is 448 g/mol. The smallest absolute Gasteiger partial charge is 0.261 e. The highest BCUT2D eigenvalue weighted by Gasteiger charge is 2.31. The van der Waals surface area contributed by atoms with Crippen LogP contribution in [0.25, 0.3) is 0 Å². The second kappa shape index (κ2) is 12.8. The third kappa shape index (κ3) is 7.23. The first kappa shape index (κ1) is 26.1. The van der Waals surface area contributed by atoms with Gasteiger partial charge in [-0.25, -0.2) is 0 Å². The van der Waals surface area contributed by atoms with Crippen molar-refractivity contribution < 1.29 is 14.3 Å². The van der Waals surface area contributed by atoms with Gasteiger partial charge in [0.15, 0.2) is 6.61 Å². The summed E-state index contributed by atoms with van der Waals surface area (Å²) in [6.07, 6.45) is 5.99. The summed E-state index contributed by atoms with van der Waals surface area (Å²) in [4.78, 5) is 28.3. The lowest BCUT2D eigenvalue weighted by molar-refractivity contribution is -0.143. The zero-order valence-corrected chi connectivity index (χ0v) is 21.3. The summed E-state index contributed by atoms with van der Waals surface area (Å²) in [7, 11) is 0. The number of nitrogens with zero attached hydrogens (tertiary/aromatic N) is 1. The van der Waals surface area contributed by atoms with Crippen LogP contribution in [0.1, 0.15) is 76.3 Å². The van der Waals surface area contributed by atoms with Crippen molar-refractivity contribution in [1.29, 1.82) is 0 Å². The molecule has 34 heavy (non-hydrogen) atoms. The number of carbonyl (C=O) groups is 2. The van der Waals surface area contributed by atoms with Gasteiger partial charge in [-0.3, -0.25) is 9.59 Å². The van der Waals surface area contributed by atoms with Crippen molar-refractivity contribution >= 4 is 23.4 Å². The van der Waals surface area contributed by atoms with Gasteiger partial charge >= 0.3 is 0 Å². The fraction of sp³-hybridized carbons (Fsp3) is 0.500. The highest BCUT2D eigenvalue weighted by Crippen LogP contribution is 2.22. The Balaban J connectivity index is 1.74. The van der Waals surface area contributed by atoms with Gasteiger partial charge in [0.1, 0.15) is 11.8 Å². The summed E-state index contributed by atoms with van der Waals surface area (Å²) in [5, 5.41) is 3.77. The Morgan fingerprint density at radius 1 is 1.06 bits per heavy atom. The first-order chi connectivity index (χ1) is 16.4. The molecule has 2 aromatic rings. The zero-order chi connectivity index (χ0) is 24.5. The first-order valence-electron chi connectivity index (χ1n) is 12.4. The van der Waals surface area contributed by atoms with E-state index in [1.54, 1.807) is 11.0 Å². The number of ether oxygens (including phenoxy) is 1. The SMILES string of the molecule is CC[C@H](C(=O)NC1CCCCC1)N(Cc1ccccc1Cl)C(=O)COc1ccc(C(C)C)cc1. The van der Waals surface area contributed by atoms with Gasteiger partial charge in [0.2, 0.25) is 5.91 Å². The average Bonchev–Trinajstić information content (AvgIpc) is 2.84. The van der Waals surface area contributed by atoms with Gasteiger partial charge in [-0.2, -0.15) is 0 Å². The largest absolute Gasteiger partial charge is 0.484 e. The average molecular weight is 485 g/mol. The highest BCUT2D eigenvalue weighted by molar-refractivity contribution is 6.31. The van der Waals surface area contributed by atoms with E-state index in [9.17, 15) is 9.59 Å². The van der Waals surface area contributed by atoms with Crippen molar-refractivity contribution in [3.05, 3.63) is 64.7 Å². The number of rotatable bonds is 10. The number of hydrogen-bond donors (Lipinski definition) is 1. The van der Waals surface area contributed by atoms with Crippen LogP contribution in [0.15, 0.2) is 48.5 Å². The summed E-state index contributed by atoms with van der Waals surface area (Å²) in [5.41, 5.74) is 2.02. The minimum Gasteiger partial charge on any atom is -0.484 e. The van der Waals surface area contributed by atoms with Crippen LogP contribution in [0.3, 0.4) is 0 Å². The van der Waals surface area contributed by atoms with Gasteiger partial charge in [0.05, 0.1) is 0 Å². The molecule has 0 aromatic heterocycles. The molecule has 0 bridgehead atoms. The summed E-state index contributed by atoms with van der Waals surface area (Å²) >= 11 is 6.40. The summed E-state index contributed by atoms with van der Waals surface area (Å²) in [6, 6.07) is 14.8. The van der Waals surface area contributed by atoms with E-state index in [4.69, 9.17) is 16.3 Å². The van der Waals surface area contributed by atoms with Gasteiger partial charge in [-0.15, -0.1) is 0 Å². The van der Waals surface area contributed by atoms with Gasteiger partial charge in [-0.05, 0) is 54.5 Å². The molecule has 6 heteroatoms. The monoisotopic (exact) mass is 484 g/mol. The third-order valence-electron chi connectivity index (χ3n) is 6.55. The molecule has 0 heterocycles. The molecule has 0 unspecified atom stereocenters. The zero-order valence-electron chi connectivity index (χ0n) is 20.6. The maximum absolute atomic E-state index is 13.4.